The molecule has 0 aromatic carbocycles. The molecule has 0 fully saturated rings. The van der Waals surface area contributed by atoms with Crippen molar-refractivity contribution in [2.45, 2.75) is 26.7 Å². The molecule has 0 aliphatic heterocycles. The summed E-state index contributed by atoms with van der Waals surface area (Å²) < 4.78 is 30.4. The van der Waals surface area contributed by atoms with E-state index in [-0.39, 0.29) is 30.0 Å². The first-order chi connectivity index (χ1) is 7.97. The molecule has 0 unspecified atom stereocenters. The number of hydrogen-bond donors (Lipinski definition) is 1. The summed E-state index contributed by atoms with van der Waals surface area (Å²) in [6, 6.07) is 0. The number of carbonyl (C=O) groups excluding carboxylic acids is 1. The molecule has 0 aliphatic rings. The minimum Gasteiger partial charge on any atom is -0.466 e. The molecule has 1 aromatic heterocycles. The normalized spacial score (nSPS) is 10.6. The van der Waals surface area contributed by atoms with Crippen molar-refractivity contribution in [1.29, 1.82) is 0 Å². The number of aromatic nitrogens is 1. The molecule has 94 valence electrons. The van der Waals surface area contributed by atoms with E-state index in [0.29, 0.717) is 5.56 Å². The Hall–Kier alpha value is -1.72. The highest BCUT2D eigenvalue weighted by molar-refractivity contribution is 5.74. The summed E-state index contributed by atoms with van der Waals surface area (Å²) in [6.07, 6.45) is -1.60. The van der Waals surface area contributed by atoms with Crippen LogP contribution in [0.25, 0.3) is 0 Å². The van der Waals surface area contributed by atoms with Crippen molar-refractivity contribution < 1.29 is 18.3 Å². The molecule has 0 radical (unpaired) electrons. The minimum absolute atomic E-state index is 0.200. The van der Waals surface area contributed by atoms with E-state index in [1.807, 2.05) is 0 Å². The van der Waals surface area contributed by atoms with E-state index in [2.05, 4.69) is 4.98 Å². The molecule has 0 aliphatic carbocycles. The predicted octanol–water partition coefficient (Wildman–Crippen LogP) is 2.02. The standard InChI is InChI=1S/C11H14F2N2O2/c1-3-17-8(16)4-7-6(2)5-15-11(14)9(7)10(12)13/h5,10H,3-4H2,1-2H3,(H2,14,15). The average molecular weight is 244 g/mol. The second-order valence-electron chi connectivity index (χ2n) is 3.50. The van der Waals surface area contributed by atoms with Crippen LogP contribution in [0.2, 0.25) is 0 Å². The summed E-state index contributed by atoms with van der Waals surface area (Å²) >= 11 is 0. The van der Waals surface area contributed by atoms with Gasteiger partial charge in [-0.05, 0) is 25.0 Å². The maximum atomic E-state index is 12.8. The number of halogens is 2. The minimum atomic E-state index is -2.76. The molecule has 0 atom stereocenters. The number of hydrogen-bond acceptors (Lipinski definition) is 4. The van der Waals surface area contributed by atoms with Crippen LogP contribution < -0.4 is 5.73 Å². The van der Waals surface area contributed by atoms with Crippen molar-refractivity contribution >= 4 is 11.8 Å². The molecule has 0 amide bonds. The van der Waals surface area contributed by atoms with Gasteiger partial charge in [0.2, 0.25) is 0 Å². The van der Waals surface area contributed by atoms with Crippen molar-refractivity contribution in [3.63, 3.8) is 0 Å². The zero-order valence-electron chi connectivity index (χ0n) is 9.67. The quantitative estimate of drug-likeness (QED) is 0.823. The smallest absolute Gasteiger partial charge is 0.310 e. The largest absolute Gasteiger partial charge is 0.466 e. The van der Waals surface area contributed by atoms with Crippen LogP contribution in [-0.4, -0.2) is 17.6 Å². The summed E-state index contributed by atoms with van der Waals surface area (Å²) in [5.74, 6) is -0.798. The number of esters is 1. The van der Waals surface area contributed by atoms with Gasteiger partial charge in [-0.3, -0.25) is 4.79 Å². The monoisotopic (exact) mass is 244 g/mol. The maximum Gasteiger partial charge on any atom is 0.310 e. The number of nitrogen functional groups attached to an aromatic ring is 1. The van der Waals surface area contributed by atoms with Crippen molar-refractivity contribution in [3.8, 4) is 0 Å². The molecule has 0 saturated heterocycles. The zero-order valence-corrected chi connectivity index (χ0v) is 9.67. The number of nitrogens with zero attached hydrogens (tertiary/aromatic N) is 1. The summed E-state index contributed by atoms with van der Waals surface area (Å²) in [5.41, 5.74) is 5.72. The summed E-state index contributed by atoms with van der Waals surface area (Å²) in [5, 5.41) is 0. The Morgan fingerprint density at radius 3 is 2.76 bits per heavy atom. The molecule has 1 aromatic rings. The van der Waals surface area contributed by atoms with Crippen LogP contribution in [0.4, 0.5) is 14.6 Å². The first kappa shape index (κ1) is 13.3. The third-order valence-electron chi connectivity index (χ3n) is 2.32. The van der Waals surface area contributed by atoms with Crippen LogP contribution in [0.15, 0.2) is 6.20 Å². The van der Waals surface area contributed by atoms with Gasteiger partial charge < -0.3 is 10.5 Å². The molecule has 4 nitrogen and oxygen atoms in total. The molecule has 0 spiro atoms. The molecule has 1 heterocycles. The first-order valence-electron chi connectivity index (χ1n) is 5.15. The van der Waals surface area contributed by atoms with Gasteiger partial charge in [-0.15, -0.1) is 0 Å². The van der Waals surface area contributed by atoms with E-state index in [1.54, 1.807) is 13.8 Å². The number of anilines is 1. The fraction of sp³-hybridized carbons (Fsp3) is 0.455. The SMILES string of the molecule is CCOC(=O)Cc1c(C)cnc(N)c1C(F)F. The Labute approximate surface area is 97.8 Å². The lowest BCUT2D eigenvalue weighted by Gasteiger charge is -2.13. The van der Waals surface area contributed by atoms with Gasteiger partial charge in [0.1, 0.15) is 5.82 Å². The van der Waals surface area contributed by atoms with Gasteiger partial charge in [0, 0.05) is 6.20 Å². The Morgan fingerprint density at radius 2 is 2.24 bits per heavy atom. The number of rotatable bonds is 4. The van der Waals surface area contributed by atoms with Crippen molar-refractivity contribution in [2.24, 2.45) is 0 Å². The van der Waals surface area contributed by atoms with E-state index in [4.69, 9.17) is 10.5 Å². The molecule has 2 N–H and O–H groups in total. The number of ether oxygens (including phenoxy) is 1. The van der Waals surface area contributed by atoms with Crippen molar-refractivity contribution in [2.75, 3.05) is 12.3 Å². The van der Waals surface area contributed by atoms with Crippen LogP contribution in [-0.2, 0) is 16.0 Å². The zero-order chi connectivity index (χ0) is 13.0. The Morgan fingerprint density at radius 1 is 1.59 bits per heavy atom. The Balaban J connectivity index is 3.12. The second kappa shape index (κ2) is 5.56. The number of alkyl halides is 2. The van der Waals surface area contributed by atoms with Gasteiger partial charge >= 0.3 is 5.97 Å². The lowest BCUT2D eigenvalue weighted by Crippen LogP contribution is -2.13. The fourth-order valence-electron chi connectivity index (χ4n) is 1.52. The third kappa shape index (κ3) is 3.12. The lowest BCUT2D eigenvalue weighted by atomic mass is 10.0. The average Bonchev–Trinajstić information content (AvgIpc) is 2.23. The fourth-order valence-corrected chi connectivity index (χ4v) is 1.52. The highest BCUT2D eigenvalue weighted by Crippen LogP contribution is 2.29. The molecule has 17 heavy (non-hydrogen) atoms. The number of aryl methyl sites for hydroxylation is 1. The van der Waals surface area contributed by atoms with E-state index >= 15 is 0 Å². The highest BCUT2D eigenvalue weighted by Gasteiger charge is 2.21. The highest BCUT2D eigenvalue weighted by atomic mass is 19.3. The van der Waals surface area contributed by atoms with Crippen LogP contribution >= 0.6 is 0 Å². The number of nitrogens with two attached hydrogens (primary N) is 1. The predicted molar refractivity (Wildman–Crippen MR) is 58.7 cm³/mol. The summed E-state index contributed by atoms with van der Waals surface area (Å²) in [4.78, 5) is 15.0. The van der Waals surface area contributed by atoms with Crippen LogP contribution in [0.1, 0.15) is 30.0 Å². The van der Waals surface area contributed by atoms with E-state index in [1.165, 1.54) is 6.20 Å². The van der Waals surface area contributed by atoms with Gasteiger partial charge in [0.05, 0.1) is 18.6 Å². The first-order valence-corrected chi connectivity index (χ1v) is 5.15. The molecule has 6 heteroatoms. The second-order valence-corrected chi connectivity index (χ2v) is 3.50. The Kier molecular flexibility index (Phi) is 4.37. The maximum absolute atomic E-state index is 12.8. The third-order valence-corrected chi connectivity index (χ3v) is 2.32. The topological polar surface area (TPSA) is 65.2 Å². The van der Waals surface area contributed by atoms with Crippen LogP contribution in [0.5, 0.6) is 0 Å². The van der Waals surface area contributed by atoms with Crippen molar-refractivity contribution in [1.82, 2.24) is 4.98 Å². The van der Waals surface area contributed by atoms with E-state index in [9.17, 15) is 13.6 Å². The van der Waals surface area contributed by atoms with Gasteiger partial charge in [-0.1, -0.05) is 0 Å². The number of carbonyl (C=O) groups is 1. The summed E-state index contributed by atoms with van der Waals surface area (Å²) in [6.45, 7) is 3.47. The van der Waals surface area contributed by atoms with Crippen LogP contribution in [0.3, 0.4) is 0 Å². The molecular weight excluding hydrogens is 230 g/mol. The summed E-state index contributed by atoms with van der Waals surface area (Å²) in [7, 11) is 0. The van der Waals surface area contributed by atoms with Gasteiger partial charge in [0.25, 0.3) is 6.43 Å². The lowest BCUT2D eigenvalue weighted by molar-refractivity contribution is -0.142. The van der Waals surface area contributed by atoms with E-state index in [0.717, 1.165) is 0 Å². The molecule has 0 bridgehead atoms. The Bertz CT molecular complexity index is 422. The van der Waals surface area contributed by atoms with Gasteiger partial charge in [-0.25, -0.2) is 13.8 Å². The van der Waals surface area contributed by atoms with Gasteiger partial charge in [0.15, 0.2) is 0 Å². The van der Waals surface area contributed by atoms with E-state index < -0.39 is 12.4 Å². The van der Waals surface area contributed by atoms with Crippen molar-refractivity contribution in [3.05, 3.63) is 22.9 Å². The molecule has 1 rings (SSSR count). The van der Waals surface area contributed by atoms with Crippen LogP contribution in [0, 0.1) is 6.92 Å². The molecular formula is C11H14F2N2O2. The number of pyridine rings is 1. The van der Waals surface area contributed by atoms with Gasteiger partial charge in [-0.2, -0.15) is 0 Å². The molecule has 0 saturated carbocycles.